The first-order chi connectivity index (χ1) is 6.31. The zero-order valence-electron chi connectivity index (χ0n) is 8.84. The smallest absolute Gasteiger partial charge is 0.00489 e. The summed E-state index contributed by atoms with van der Waals surface area (Å²) in [5.41, 5.74) is 5.74. The van der Waals surface area contributed by atoms with Gasteiger partial charge in [0.15, 0.2) is 0 Å². The molecule has 1 heteroatoms. The molecule has 0 aromatic heterocycles. The molecule has 2 N–H and O–H groups in total. The van der Waals surface area contributed by atoms with Crippen LogP contribution in [0.2, 0.25) is 0 Å². The third kappa shape index (κ3) is 1.90. The predicted octanol–water partition coefficient (Wildman–Crippen LogP) is 2.80. The third-order valence-corrected chi connectivity index (χ3v) is 4.51. The highest BCUT2D eigenvalue weighted by Crippen LogP contribution is 2.45. The maximum atomic E-state index is 5.74. The van der Waals surface area contributed by atoms with E-state index in [9.17, 15) is 0 Å². The van der Waals surface area contributed by atoms with Crippen LogP contribution in [0.5, 0.6) is 0 Å². The van der Waals surface area contributed by atoms with Gasteiger partial charge in [0, 0.05) is 0 Å². The van der Waals surface area contributed by atoms with Crippen LogP contribution in [0, 0.1) is 23.7 Å². The Balaban J connectivity index is 1.89. The standard InChI is InChI=1S/C12H23N/c1-9(8-13)11-6-5-10-3-2-4-12(10)7-11/h9-12H,2-8,13H2,1H3. The quantitative estimate of drug-likeness (QED) is 0.696. The van der Waals surface area contributed by atoms with Crippen molar-refractivity contribution >= 4 is 0 Å². The molecule has 2 aliphatic carbocycles. The van der Waals surface area contributed by atoms with Crippen LogP contribution in [0.25, 0.3) is 0 Å². The first kappa shape index (κ1) is 9.51. The van der Waals surface area contributed by atoms with Crippen molar-refractivity contribution in [1.82, 2.24) is 0 Å². The summed E-state index contributed by atoms with van der Waals surface area (Å²) in [7, 11) is 0. The molecule has 2 saturated carbocycles. The van der Waals surface area contributed by atoms with Crippen molar-refractivity contribution in [2.45, 2.75) is 45.4 Å². The van der Waals surface area contributed by atoms with E-state index in [-0.39, 0.29) is 0 Å². The summed E-state index contributed by atoms with van der Waals surface area (Å²) in [5, 5.41) is 0. The van der Waals surface area contributed by atoms with Crippen molar-refractivity contribution in [3.8, 4) is 0 Å². The van der Waals surface area contributed by atoms with Crippen LogP contribution >= 0.6 is 0 Å². The van der Waals surface area contributed by atoms with Gasteiger partial charge in [0.2, 0.25) is 0 Å². The van der Waals surface area contributed by atoms with E-state index in [2.05, 4.69) is 6.92 Å². The number of nitrogens with two attached hydrogens (primary N) is 1. The van der Waals surface area contributed by atoms with Gasteiger partial charge in [-0.25, -0.2) is 0 Å². The van der Waals surface area contributed by atoms with Crippen molar-refractivity contribution in [3.05, 3.63) is 0 Å². The normalized spacial score (nSPS) is 41.5. The van der Waals surface area contributed by atoms with Gasteiger partial charge in [-0.2, -0.15) is 0 Å². The van der Waals surface area contributed by atoms with Gasteiger partial charge in [-0.3, -0.25) is 0 Å². The minimum Gasteiger partial charge on any atom is -0.330 e. The van der Waals surface area contributed by atoms with E-state index in [4.69, 9.17) is 5.73 Å². The lowest BCUT2D eigenvalue weighted by atomic mass is 9.72. The molecule has 0 spiro atoms. The summed E-state index contributed by atoms with van der Waals surface area (Å²) < 4.78 is 0. The summed E-state index contributed by atoms with van der Waals surface area (Å²) in [6, 6.07) is 0. The summed E-state index contributed by atoms with van der Waals surface area (Å²) in [6.45, 7) is 3.22. The molecule has 0 heterocycles. The lowest BCUT2D eigenvalue weighted by Crippen LogP contribution is -2.28. The van der Waals surface area contributed by atoms with E-state index >= 15 is 0 Å². The summed E-state index contributed by atoms with van der Waals surface area (Å²) in [4.78, 5) is 0. The Morgan fingerprint density at radius 3 is 2.69 bits per heavy atom. The molecule has 0 aromatic rings. The minimum absolute atomic E-state index is 0.765. The summed E-state index contributed by atoms with van der Waals surface area (Å²) in [5.74, 6) is 3.89. The van der Waals surface area contributed by atoms with Gasteiger partial charge < -0.3 is 5.73 Å². The van der Waals surface area contributed by atoms with Gasteiger partial charge in [-0.15, -0.1) is 0 Å². The van der Waals surface area contributed by atoms with Crippen LogP contribution in [-0.2, 0) is 0 Å². The Bertz CT molecular complexity index is 167. The molecule has 0 bridgehead atoms. The molecule has 76 valence electrons. The molecule has 4 unspecified atom stereocenters. The van der Waals surface area contributed by atoms with Gasteiger partial charge >= 0.3 is 0 Å². The maximum Gasteiger partial charge on any atom is -0.00489 e. The fraction of sp³-hybridized carbons (Fsp3) is 1.00. The second-order valence-electron chi connectivity index (χ2n) is 5.24. The summed E-state index contributed by atoms with van der Waals surface area (Å²) in [6.07, 6.45) is 8.98. The number of hydrogen-bond acceptors (Lipinski definition) is 1. The fourth-order valence-corrected chi connectivity index (χ4v) is 3.45. The number of rotatable bonds is 2. The minimum atomic E-state index is 0.765. The van der Waals surface area contributed by atoms with Crippen molar-refractivity contribution < 1.29 is 0 Å². The molecule has 0 radical (unpaired) electrons. The largest absolute Gasteiger partial charge is 0.330 e. The molecular weight excluding hydrogens is 158 g/mol. The monoisotopic (exact) mass is 181 g/mol. The molecule has 0 saturated heterocycles. The Kier molecular flexibility index (Phi) is 2.92. The zero-order chi connectivity index (χ0) is 9.26. The highest BCUT2D eigenvalue weighted by atomic mass is 14.6. The second-order valence-corrected chi connectivity index (χ2v) is 5.24. The van der Waals surface area contributed by atoms with Crippen LogP contribution in [0.4, 0.5) is 0 Å². The molecule has 4 atom stereocenters. The van der Waals surface area contributed by atoms with Gasteiger partial charge in [-0.1, -0.05) is 26.2 Å². The Hall–Kier alpha value is -0.0400. The first-order valence-electron chi connectivity index (χ1n) is 6.01. The van der Waals surface area contributed by atoms with E-state index in [1.54, 1.807) is 0 Å². The van der Waals surface area contributed by atoms with Gasteiger partial charge in [0.05, 0.1) is 0 Å². The number of hydrogen-bond donors (Lipinski definition) is 1. The topological polar surface area (TPSA) is 26.0 Å². The highest BCUT2D eigenvalue weighted by molar-refractivity contribution is 4.86. The molecule has 2 rings (SSSR count). The van der Waals surface area contributed by atoms with Crippen molar-refractivity contribution in [2.24, 2.45) is 29.4 Å². The zero-order valence-corrected chi connectivity index (χ0v) is 8.84. The Labute approximate surface area is 82.1 Å². The molecule has 0 amide bonds. The molecule has 0 aliphatic heterocycles. The van der Waals surface area contributed by atoms with E-state index in [0.29, 0.717) is 0 Å². The fourth-order valence-electron chi connectivity index (χ4n) is 3.45. The SMILES string of the molecule is CC(CN)C1CCC2CCCC2C1. The van der Waals surface area contributed by atoms with E-state index in [1.165, 1.54) is 38.5 Å². The van der Waals surface area contributed by atoms with Gasteiger partial charge in [0.25, 0.3) is 0 Å². The Morgan fingerprint density at radius 2 is 1.92 bits per heavy atom. The molecular formula is C12H23N. The van der Waals surface area contributed by atoms with E-state index in [1.807, 2.05) is 0 Å². The maximum absolute atomic E-state index is 5.74. The lowest BCUT2D eigenvalue weighted by Gasteiger charge is -2.34. The van der Waals surface area contributed by atoms with Crippen molar-refractivity contribution in [3.63, 3.8) is 0 Å². The van der Waals surface area contributed by atoms with Crippen LogP contribution in [0.1, 0.15) is 45.4 Å². The Morgan fingerprint density at radius 1 is 1.15 bits per heavy atom. The number of fused-ring (bicyclic) bond motifs is 1. The van der Waals surface area contributed by atoms with Gasteiger partial charge in [0.1, 0.15) is 0 Å². The van der Waals surface area contributed by atoms with Crippen molar-refractivity contribution in [2.75, 3.05) is 6.54 Å². The van der Waals surface area contributed by atoms with E-state index < -0.39 is 0 Å². The molecule has 13 heavy (non-hydrogen) atoms. The second kappa shape index (κ2) is 4.00. The first-order valence-corrected chi connectivity index (χ1v) is 6.01. The van der Waals surface area contributed by atoms with Crippen LogP contribution < -0.4 is 5.73 Å². The molecule has 2 fully saturated rings. The van der Waals surface area contributed by atoms with E-state index in [0.717, 1.165) is 30.2 Å². The average molecular weight is 181 g/mol. The van der Waals surface area contributed by atoms with Crippen LogP contribution in [0.3, 0.4) is 0 Å². The van der Waals surface area contributed by atoms with Crippen LogP contribution in [0.15, 0.2) is 0 Å². The third-order valence-electron chi connectivity index (χ3n) is 4.51. The predicted molar refractivity (Wildman–Crippen MR) is 56.4 cm³/mol. The molecule has 2 aliphatic rings. The van der Waals surface area contributed by atoms with Crippen LogP contribution in [-0.4, -0.2) is 6.54 Å². The average Bonchev–Trinajstić information content (AvgIpc) is 2.63. The van der Waals surface area contributed by atoms with Crippen molar-refractivity contribution in [1.29, 1.82) is 0 Å². The molecule has 1 nitrogen and oxygen atoms in total. The lowest BCUT2D eigenvalue weighted by molar-refractivity contribution is 0.166. The highest BCUT2D eigenvalue weighted by Gasteiger charge is 2.34. The summed E-state index contributed by atoms with van der Waals surface area (Å²) >= 11 is 0. The van der Waals surface area contributed by atoms with Gasteiger partial charge in [-0.05, 0) is 49.5 Å². The molecule has 0 aromatic carbocycles.